The van der Waals surface area contributed by atoms with E-state index >= 15 is 0 Å². The smallest absolute Gasteiger partial charge is 0.0400 e. The second-order valence-corrected chi connectivity index (χ2v) is 5.72. The van der Waals surface area contributed by atoms with E-state index < -0.39 is 0 Å². The van der Waals surface area contributed by atoms with Crippen molar-refractivity contribution < 1.29 is 0 Å². The van der Waals surface area contributed by atoms with Gasteiger partial charge in [0.15, 0.2) is 0 Å². The van der Waals surface area contributed by atoms with Gasteiger partial charge in [0.1, 0.15) is 0 Å². The molecule has 2 nitrogen and oxygen atoms in total. The van der Waals surface area contributed by atoms with Crippen molar-refractivity contribution in [2.75, 3.05) is 29.9 Å². The maximum Gasteiger partial charge on any atom is 0.0400 e. The lowest BCUT2D eigenvalue weighted by Gasteiger charge is -2.19. The molecule has 0 amide bonds. The van der Waals surface area contributed by atoms with Crippen molar-refractivity contribution in [1.29, 1.82) is 0 Å². The number of halogens is 1. The molecule has 3 rings (SSSR count). The highest BCUT2D eigenvalue weighted by atomic mass is 79.9. The van der Waals surface area contributed by atoms with Crippen molar-refractivity contribution in [3.8, 4) is 0 Å². The largest absolute Gasteiger partial charge is 0.383 e. The van der Waals surface area contributed by atoms with Gasteiger partial charge in [-0.1, -0.05) is 34.1 Å². The number of rotatable bonds is 4. The highest BCUT2D eigenvalue weighted by Crippen LogP contribution is 2.26. The molecule has 0 unspecified atom stereocenters. The molecule has 0 saturated carbocycles. The number of anilines is 2. The molecule has 1 aliphatic rings. The number of nitrogens with zero attached hydrogens (tertiary/aromatic N) is 1. The number of hydrogen-bond acceptors (Lipinski definition) is 2. The Morgan fingerprint density at radius 3 is 2.68 bits per heavy atom. The minimum absolute atomic E-state index is 0.968. The Morgan fingerprint density at radius 2 is 1.84 bits per heavy atom. The number of benzene rings is 2. The van der Waals surface area contributed by atoms with Crippen LogP contribution >= 0.6 is 15.9 Å². The average Bonchev–Trinajstić information content (AvgIpc) is 2.85. The molecule has 0 bridgehead atoms. The normalized spacial score (nSPS) is 13.4. The van der Waals surface area contributed by atoms with E-state index in [4.69, 9.17) is 0 Å². The Kier molecular flexibility index (Phi) is 3.74. The third-order valence-electron chi connectivity index (χ3n) is 3.54. The van der Waals surface area contributed by atoms with E-state index in [9.17, 15) is 0 Å². The Morgan fingerprint density at radius 1 is 1.05 bits per heavy atom. The third kappa shape index (κ3) is 2.92. The predicted molar refractivity (Wildman–Crippen MR) is 85.0 cm³/mol. The SMILES string of the molecule is Brc1ccc(NCCN2CCc3ccccc32)cc1. The van der Waals surface area contributed by atoms with Gasteiger partial charge in [-0.25, -0.2) is 0 Å². The first-order valence-electron chi connectivity index (χ1n) is 6.65. The van der Waals surface area contributed by atoms with Crippen LogP contribution in [-0.2, 0) is 6.42 Å². The zero-order chi connectivity index (χ0) is 13.1. The van der Waals surface area contributed by atoms with Crippen molar-refractivity contribution >= 4 is 27.3 Å². The number of nitrogens with one attached hydrogen (secondary N) is 1. The summed E-state index contributed by atoms with van der Waals surface area (Å²) in [5, 5.41) is 3.47. The molecular weight excluding hydrogens is 300 g/mol. The summed E-state index contributed by atoms with van der Waals surface area (Å²) >= 11 is 3.45. The predicted octanol–water partition coefficient (Wildman–Crippen LogP) is 3.92. The summed E-state index contributed by atoms with van der Waals surface area (Å²) in [6.07, 6.45) is 1.18. The first-order valence-corrected chi connectivity index (χ1v) is 7.44. The van der Waals surface area contributed by atoms with Gasteiger partial charge in [0, 0.05) is 35.5 Å². The Balaban J connectivity index is 1.55. The maximum absolute atomic E-state index is 3.47. The van der Waals surface area contributed by atoms with Crippen LogP contribution in [0.3, 0.4) is 0 Å². The van der Waals surface area contributed by atoms with Crippen molar-refractivity contribution in [3.05, 3.63) is 58.6 Å². The van der Waals surface area contributed by atoms with Gasteiger partial charge in [0.25, 0.3) is 0 Å². The van der Waals surface area contributed by atoms with Gasteiger partial charge in [-0.15, -0.1) is 0 Å². The van der Waals surface area contributed by atoms with Gasteiger partial charge >= 0.3 is 0 Å². The first-order chi connectivity index (χ1) is 9.33. The van der Waals surface area contributed by atoms with E-state index in [2.05, 4.69) is 74.7 Å². The van der Waals surface area contributed by atoms with Gasteiger partial charge in [-0.3, -0.25) is 0 Å². The van der Waals surface area contributed by atoms with E-state index in [0.717, 1.165) is 24.1 Å². The quantitative estimate of drug-likeness (QED) is 0.919. The molecule has 1 aliphatic heterocycles. The molecule has 0 spiro atoms. The minimum Gasteiger partial charge on any atom is -0.383 e. The second-order valence-electron chi connectivity index (χ2n) is 4.80. The molecule has 1 N–H and O–H groups in total. The first kappa shape index (κ1) is 12.5. The number of hydrogen-bond donors (Lipinski definition) is 1. The van der Waals surface area contributed by atoms with Crippen molar-refractivity contribution in [3.63, 3.8) is 0 Å². The molecule has 0 saturated heterocycles. The molecule has 1 heterocycles. The van der Waals surface area contributed by atoms with Crippen molar-refractivity contribution in [1.82, 2.24) is 0 Å². The monoisotopic (exact) mass is 316 g/mol. The molecule has 0 atom stereocenters. The lowest BCUT2D eigenvalue weighted by Crippen LogP contribution is -2.27. The van der Waals surface area contributed by atoms with E-state index in [1.807, 2.05) is 0 Å². The highest BCUT2D eigenvalue weighted by Gasteiger charge is 2.17. The highest BCUT2D eigenvalue weighted by molar-refractivity contribution is 9.10. The van der Waals surface area contributed by atoms with E-state index in [-0.39, 0.29) is 0 Å². The van der Waals surface area contributed by atoms with E-state index in [1.165, 1.54) is 23.4 Å². The Hall–Kier alpha value is -1.48. The lowest BCUT2D eigenvalue weighted by atomic mass is 10.2. The fourth-order valence-corrected chi connectivity index (χ4v) is 2.81. The van der Waals surface area contributed by atoms with Gasteiger partial charge in [-0.05, 0) is 42.3 Å². The molecule has 19 heavy (non-hydrogen) atoms. The van der Waals surface area contributed by atoms with Crippen LogP contribution in [0.1, 0.15) is 5.56 Å². The van der Waals surface area contributed by atoms with Gasteiger partial charge in [0.2, 0.25) is 0 Å². The van der Waals surface area contributed by atoms with Crippen molar-refractivity contribution in [2.24, 2.45) is 0 Å². The van der Waals surface area contributed by atoms with Crippen LogP contribution in [-0.4, -0.2) is 19.6 Å². The molecule has 0 aromatic heterocycles. The summed E-state index contributed by atoms with van der Waals surface area (Å²) in [5.41, 5.74) is 4.06. The Bertz CT molecular complexity index is 551. The molecule has 0 radical (unpaired) electrons. The van der Waals surface area contributed by atoms with Crippen molar-refractivity contribution in [2.45, 2.75) is 6.42 Å². The molecule has 0 fully saturated rings. The zero-order valence-corrected chi connectivity index (χ0v) is 12.4. The number of fused-ring (bicyclic) bond motifs is 1. The van der Waals surface area contributed by atoms with Crippen LogP contribution in [0.5, 0.6) is 0 Å². The van der Waals surface area contributed by atoms with Gasteiger partial charge < -0.3 is 10.2 Å². The summed E-state index contributed by atoms with van der Waals surface area (Å²) in [5.74, 6) is 0. The summed E-state index contributed by atoms with van der Waals surface area (Å²) in [7, 11) is 0. The van der Waals surface area contributed by atoms with E-state index in [1.54, 1.807) is 0 Å². The molecule has 0 aliphatic carbocycles. The summed E-state index contributed by atoms with van der Waals surface area (Å²) in [4.78, 5) is 2.46. The molecule has 98 valence electrons. The average molecular weight is 317 g/mol. The van der Waals surface area contributed by atoms with Crippen LogP contribution in [0.15, 0.2) is 53.0 Å². The lowest BCUT2D eigenvalue weighted by molar-refractivity contribution is 0.839. The van der Waals surface area contributed by atoms with Gasteiger partial charge in [0.05, 0.1) is 0 Å². The molecule has 2 aromatic rings. The van der Waals surface area contributed by atoms with Gasteiger partial charge in [-0.2, -0.15) is 0 Å². The Labute approximate surface area is 122 Å². The molecule has 3 heteroatoms. The summed E-state index contributed by atoms with van der Waals surface area (Å²) in [6.45, 7) is 3.16. The minimum atomic E-state index is 0.968. The molecule has 2 aromatic carbocycles. The standard InChI is InChI=1S/C16H17BrN2/c17-14-5-7-15(8-6-14)18-10-12-19-11-9-13-3-1-2-4-16(13)19/h1-8,18H,9-12H2. The van der Waals surface area contributed by atoms with Crippen LogP contribution in [0.25, 0.3) is 0 Å². The van der Waals surface area contributed by atoms with Crippen LogP contribution in [0, 0.1) is 0 Å². The maximum atomic E-state index is 3.47. The third-order valence-corrected chi connectivity index (χ3v) is 4.07. The number of para-hydroxylation sites is 1. The van der Waals surface area contributed by atoms with Crippen LogP contribution in [0.2, 0.25) is 0 Å². The zero-order valence-electron chi connectivity index (χ0n) is 10.8. The summed E-state index contributed by atoms with van der Waals surface area (Å²) in [6, 6.07) is 17.0. The van der Waals surface area contributed by atoms with E-state index in [0.29, 0.717) is 0 Å². The second kappa shape index (κ2) is 5.66. The van der Waals surface area contributed by atoms with Crippen LogP contribution in [0.4, 0.5) is 11.4 Å². The topological polar surface area (TPSA) is 15.3 Å². The molecular formula is C16H17BrN2. The summed E-state index contributed by atoms with van der Waals surface area (Å²) < 4.78 is 1.12. The fourth-order valence-electron chi connectivity index (χ4n) is 2.54. The van der Waals surface area contributed by atoms with Crippen LogP contribution < -0.4 is 10.2 Å². The fraction of sp³-hybridized carbons (Fsp3) is 0.250.